The Morgan fingerprint density at radius 2 is 1.72 bits per heavy atom. The molecule has 132 valence electrons. The predicted molar refractivity (Wildman–Crippen MR) is 96.0 cm³/mol. The summed E-state index contributed by atoms with van der Waals surface area (Å²) in [6.07, 6.45) is 0.0452. The van der Waals surface area contributed by atoms with Gasteiger partial charge in [0.1, 0.15) is 5.75 Å². The number of ether oxygens (including phenoxy) is 2. The lowest BCUT2D eigenvalue weighted by atomic mass is 10.1. The maximum absolute atomic E-state index is 12.1. The number of rotatable bonds is 7. The van der Waals surface area contributed by atoms with Gasteiger partial charge in [0.2, 0.25) is 0 Å². The number of halogens is 1. The van der Waals surface area contributed by atoms with E-state index in [0.29, 0.717) is 29.3 Å². The molecule has 6 heteroatoms. The summed E-state index contributed by atoms with van der Waals surface area (Å²) in [5.74, 6) is 0.0274. The number of hydrogen-bond acceptors (Lipinski definition) is 4. The summed E-state index contributed by atoms with van der Waals surface area (Å²) >= 11 is 5.81. The van der Waals surface area contributed by atoms with E-state index < -0.39 is 6.10 Å². The zero-order chi connectivity index (χ0) is 18.2. The molecule has 5 nitrogen and oxygen atoms in total. The monoisotopic (exact) mass is 361 g/mol. The Bertz CT molecular complexity index is 713. The summed E-state index contributed by atoms with van der Waals surface area (Å²) in [6.45, 7) is 2.17. The van der Waals surface area contributed by atoms with Crippen LogP contribution in [0.5, 0.6) is 5.75 Å². The van der Waals surface area contributed by atoms with Gasteiger partial charge in [0, 0.05) is 11.6 Å². The van der Waals surface area contributed by atoms with E-state index >= 15 is 0 Å². The van der Waals surface area contributed by atoms with Gasteiger partial charge >= 0.3 is 5.97 Å². The van der Waals surface area contributed by atoms with Crippen molar-refractivity contribution < 1.29 is 19.1 Å². The number of amides is 1. The molecular weight excluding hydrogens is 342 g/mol. The molecule has 1 amide bonds. The first-order valence-corrected chi connectivity index (χ1v) is 8.24. The van der Waals surface area contributed by atoms with E-state index in [9.17, 15) is 9.59 Å². The first-order chi connectivity index (χ1) is 12.0. The average Bonchev–Trinajstić information content (AvgIpc) is 2.63. The maximum Gasteiger partial charge on any atom is 0.337 e. The van der Waals surface area contributed by atoms with Crippen molar-refractivity contribution >= 4 is 23.5 Å². The van der Waals surface area contributed by atoms with Crippen molar-refractivity contribution in [2.75, 3.05) is 13.7 Å². The zero-order valence-electron chi connectivity index (χ0n) is 14.1. The topological polar surface area (TPSA) is 64.6 Å². The number of carbonyl (C=O) groups excluding carboxylic acids is 2. The summed E-state index contributed by atoms with van der Waals surface area (Å²) < 4.78 is 10.2. The van der Waals surface area contributed by atoms with Crippen molar-refractivity contribution in [2.45, 2.75) is 19.4 Å². The lowest BCUT2D eigenvalue weighted by Crippen LogP contribution is -2.37. The van der Waals surface area contributed by atoms with Gasteiger partial charge in [-0.2, -0.15) is 0 Å². The third-order valence-corrected chi connectivity index (χ3v) is 3.84. The molecule has 25 heavy (non-hydrogen) atoms. The molecule has 1 unspecified atom stereocenters. The van der Waals surface area contributed by atoms with Crippen molar-refractivity contribution in [3.05, 3.63) is 64.7 Å². The molecule has 0 spiro atoms. The summed E-state index contributed by atoms with van der Waals surface area (Å²) in [6, 6.07) is 13.9. The molecule has 2 rings (SSSR count). The lowest BCUT2D eigenvalue weighted by molar-refractivity contribution is -0.127. The largest absolute Gasteiger partial charge is 0.481 e. The van der Waals surface area contributed by atoms with E-state index in [1.165, 1.54) is 7.11 Å². The molecule has 0 fully saturated rings. The fourth-order valence-corrected chi connectivity index (χ4v) is 2.30. The highest BCUT2D eigenvalue weighted by Crippen LogP contribution is 2.16. The van der Waals surface area contributed by atoms with Gasteiger partial charge < -0.3 is 14.8 Å². The highest BCUT2D eigenvalue weighted by Gasteiger charge is 2.14. The average molecular weight is 362 g/mol. The number of nitrogens with one attached hydrogen (secondary N) is 1. The van der Waals surface area contributed by atoms with E-state index in [0.717, 1.165) is 5.56 Å². The van der Waals surface area contributed by atoms with Crippen LogP contribution in [-0.2, 0) is 16.0 Å². The summed E-state index contributed by atoms with van der Waals surface area (Å²) in [5.41, 5.74) is 1.51. The second kappa shape index (κ2) is 9.08. The normalized spacial score (nSPS) is 11.5. The van der Waals surface area contributed by atoms with Gasteiger partial charge in [-0.25, -0.2) is 4.79 Å². The molecule has 0 radical (unpaired) electrons. The van der Waals surface area contributed by atoms with Gasteiger partial charge in [0.25, 0.3) is 5.91 Å². The smallest absolute Gasteiger partial charge is 0.337 e. The zero-order valence-corrected chi connectivity index (χ0v) is 14.9. The molecule has 0 saturated carbocycles. The van der Waals surface area contributed by atoms with Crippen molar-refractivity contribution in [2.24, 2.45) is 0 Å². The first kappa shape index (κ1) is 18.8. The quantitative estimate of drug-likeness (QED) is 0.769. The van der Waals surface area contributed by atoms with Crippen LogP contribution in [0, 0.1) is 0 Å². The van der Waals surface area contributed by atoms with Gasteiger partial charge in [-0.1, -0.05) is 23.7 Å². The van der Waals surface area contributed by atoms with Crippen LogP contribution in [0.2, 0.25) is 5.02 Å². The molecule has 0 saturated heterocycles. The fourth-order valence-electron chi connectivity index (χ4n) is 2.17. The number of methoxy groups -OCH3 is 1. The van der Waals surface area contributed by atoms with E-state index in [4.69, 9.17) is 16.3 Å². The van der Waals surface area contributed by atoms with Gasteiger partial charge in [-0.05, 0) is 55.3 Å². The molecule has 0 aromatic heterocycles. The van der Waals surface area contributed by atoms with Gasteiger partial charge in [0.05, 0.1) is 12.7 Å². The standard InChI is InChI=1S/C19H20ClNO4/c1-13(25-17-9-7-16(20)8-10-17)18(22)21-12-11-14-3-5-15(6-4-14)19(23)24-2/h3-10,13H,11-12H2,1-2H3,(H,21,22). The number of carbonyl (C=O) groups is 2. The Morgan fingerprint density at radius 1 is 1.08 bits per heavy atom. The lowest BCUT2D eigenvalue weighted by Gasteiger charge is -2.14. The molecule has 2 aromatic carbocycles. The van der Waals surface area contributed by atoms with Crippen LogP contribution in [0.3, 0.4) is 0 Å². The first-order valence-electron chi connectivity index (χ1n) is 7.87. The van der Waals surface area contributed by atoms with Crippen molar-refractivity contribution in [3.8, 4) is 5.75 Å². The Hall–Kier alpha value is -2.53. The SMILES string of the molecule is COC(=O)c1ccc(CCNC(=O)C(C)Oc2ccc(Cl)cc2)cc1. The van der Waals surface area contributed by atoms with Crippen LogP contribution in [0.15, 0.2) is 48.5 Å². The molecular formula is C19H20ClNO4. The maximum atomic E-state index is 12.1. The molecule has 0 bridgehead atoms. The molecule has 1 atom stereocenters. The molecule has 0 aliphatic heterocycles. The van der Waals surface area contributed by atoms with Crippen LogP contribution < -0.4 is 10.1 Å². The minimum Gasteiger partial charge on any atom is -0.481 e. The van der Waals surface area contributed by atoms with E-state index in [1.54, 1.807) is 43.3 Å². The Labute approximate surface area is 151 Å². The predicted octanol–water partition coefficient (Wildman–Crippen LogP) is 3.25. The molecule has 0 heterocycles. The van der Waals surface area contributed by atoms with Crippen LogP contribution in [0.25, 0.3) is 0 Å². The van der Waals surface area contributed by atoms with Gasteiger partial charge in [-0.3, -0.25) is 4.79 Å². The fraction of sp³-hybridized carbons (Fsp3) is 0.263. The third-order valence-electron chi connectivity index (χ3n) is 3.58. The van der Waals surface area contributed by atoms with Crippen LogP contribution >= 0.6 is 11.6 Å². The highest BCUT2D eigenvalue weighted by atomic mass is 35.5. The second-order valence-corrected chi connectivity index (χ2v) is 5.88. The molecule has 2 aromatic rings. The summed E-state index contributed by atoms with van der Waals surface area (Å²) in [4.78, 5) is 23.4. The highest BCUT2D eigenvalue weighted by molar-refractivity contribution is 6.30. The van der Waals surface area contributed by atoms with Gasteiger partial charge in [0.15, 0.2) is 6.10 Å². The molecule has 0 aliphatic rings. The number of hydrogen-bond donors (Lipinski definition) is 1. The number of esters is 1. The third kappa shape index (κ3) is 5.80. The van der Waals surface area contributed by atoms with Crippen LogP contribution in [0.4, 0.5) is 0 Å². The van der Waals surface area contributed by atoms with E-state index in [1.807, 2.05) is 12.1 Å². The van der Waals surface area contributed by atoms with Crippen LogP contribution in [0.1, 0.15) is 22.8 Å². The van der Waals surface area contributed by atoms with Crippen molar-refractivity contribution in [1.82, 2.24) is 5.32 Å². The number of benzene rings is 2. The van der Waals surface area contributed by atoms with Crippen LogP contribution in [-0.4, -0.2) is 31.6 Å². The minimum absolute atomic E-state index is 0.193. The Balaban J connectivity index is 1.77. The molecule has 0 aliphatic carbocycles. The second-order valence-electron chi connectivity index (χ2n) is 5.44. The van der Waals surface area contributed by atoms with E-state index in [2.05, 4.69) is 10.1 Å². The van der Waals surface area contributed by atoms with E-state index in [-0.39, 0.29) is 11.9 Å². The van der Waals surface area contributed by atoms with Crippen molar-refractivity contribution in [1.29, 1.82) is 0 Å². The molecule has 1 N–H and O–H groups in total. The Morgan fingerprint density at radius 3 is 2.32 bits per heavy atom. The van der Waals surface area contributed by atoms with Crippen molar-refractivity contribution in [3.63, 3.8) is 0 Å². The Kier molecular flexibility index (Phi) is 6.83. The summed E-state index contributed by atoms with van der Waals surface area (Å²) in [5, 5.41) is 3.44. The minimum atomic E-state index is -0.608. The summed E-state index contributed by atoms with van der Waals surface area (Å²) in [7, 11) is 1.35. The van der Waals surface area contributed by atoms with Gasteiger partial charge in [-0.15, -0.1) is 0 Å².